The van der Waals surface area contributed by atoms with Crippen molar-refractivity contribution in [1.29, 1.82) is 0 Å². The van der Waals surface area contributed by atoms with Crippen LogP contribution in [0.15, 0.2) is 42.5 Å². The molecule has 2 unspecified atom stereocenters. The maximum absolute atomic E-state index is 12.4. The number of carbonyl (C=O) groups is 1. The first-order valence-electron chi connectivity index (χ1n) is 8.78. The van der Waals surface area contributed by atoms with Crippen molar-refractivity contribution in [3.05, 3.63) is 48.0 Å². The van der Waals surface area contributed by atoms with Crippen LogP contribution in [0.3, 0.4) is 0 Å². The Hall–Kier alpha value is -2.69. The predicted molar refractivity (Wildman–Crippen MR) is 103 cm³/mol. The highest BCUT2D eigenvalue weighted by Crippen LogP contribution is 2.30. The summed E-state index contributed by atoms with van der Waals surface area (Å²) in [5, 5.41) is 2.83. The first-order chi connectivity index (χ1) is 12.5. The van der Waals surface area contributed by atoms with E-state index in [1.165, 1.54) is 5.56 Å². The summed E-state index contributed by atoms with van der Waals surface area (Å²) < 4.78 is 16.2. The number of carbonyl (C=O) groups excluding carboxylic acids is 1. The van der Waals surface area contributed by atoms with E-state index >= 15 is 0 Å². The monoisotopic (exact) mass is 357 g/mol. The van der Waals surface area contributed by atoms with E-state index in [0.29, 0.717) is 28.9 Å². The Kier molecular flexibility index (Phi) is 6.89. The summed E-state index contributed by atoms with van der Waals surface area (Å²) in [4.78, 5) is 12.4. The molecule has 5 nitrogen and oxygen atoms in total. The van der Waals surface area contributed by atoms with Gasteiger partial charge in [-0.25, -0.2) is 0 Å². The predicted octanol–water partition coefficient (Wildman–Crippen LogP) is 4.62. The number of anilines is 1. The van der Waals surface area contributed by atoms with Crippen LogP contribution < -0.4 is 19.5 Å². The summed E-state index contributed by atoms with van der Waals surface area (Å²) in [6, 6.07) is 13.1. The van der Waals surface area contributed by atoms with Crippen LogP contribution in [0.5, 0.6) is 17.2 Å². The number of hydrogen-bond acceptors (Lipinski definition) is 4. The Morgan fingerprint density at radius 2 is 1.65 bits per heavy atom. The molecular weight excluding hydrogens is 330 g/mol. The number of amides is 1. The topological polar surface area (TPSA) is 56.8 Å². The van der Waals surface area contributed by atoms with E-state index in [1.54, 1.807) is 39.3 Å². The second kappa shape index (κ2) is 9.13. The molecule has 0 aromatic heterocycles. The molecule has 0 aliphatic carbocycles. The SMILES string of the molecule is CCC(C)c1ccc(OC(C)C(=O)Nc2ccc(OC)c(OC)c2)cc1. The molecule has 0 saturated carbocycles. The highest BCUT2D eigenvalue weighted by molar-refractivity contribution is 5.94. The Labute approximate surface area is 155 Å². The molecule has 0 bridgehead atoms. The average molecular weight is 357 g/mol. The first-order valence-corrected chi connectivity index (χ1v) is 8.78. The summed E-state index contributed by atoms with van der Waals surface area (Å²) in [5.41, 5.74) is 1.89. The highest BCUT2D eigenvalue weighted by atomic mass is 16.5. The van der Waals surface area contributed by atoms with Crippen LogP contribution in [0.1, 0.15) is 38.7 Å². The lowest BCUT2D eigenvalue weighted by atomic mass is 9.99. The summed E-state index contributed by atoms with van der Waals surface area (Å²) in [7, 11) is 3.12. The Balaban J connectivity index is 1.99. The molecule has 0 aliphatic heterocycles. The average Bonchev–Trinajstić information content (AvgIpc) is 2.67. The van der Waals surface area contributed by atoms with Crippen molar-refractivity contribution in [3.8, 4) is 17.2 Å². The van der Waals surface area contributed by atoms with Crippen LogP contribution in [-0.2, 0) is 4.79 Å². The van der Waals surface area contributed by atoms with Crippen LogP contribution >= 0.6 is 0 Å². The van der Waals surface area contributed by atoms with Gasteiger partial charge >= 0.3 is 0 Å². The molecular formula is C21H27NO4. The van der Waals surface area contributed by atoms with Crippen LogP contribution in [0.4, 0.5) is 5.69 Å². The molecule has 0 aliphatic rings. The lowest BCUT2D eigenvalue weighted by Gasteiger charge is -2.16. The maximum atomic E-state index is 12.4. The summed E-state index contributed by atoms with van der Waals surface area (Å²) >= 11 is 0. The fraction of sp³-hybridized carbons (Fsp3) is 0.381. The molecule has 26 heavy (non-hydrogen) atoms. The zero-order chi connectivity index (χ0) is 19.1. The smallest absolute Gasteiger partial charge is 0.265 e. The molecule has 5 heteroatoms. The van der Waals surface area contributed by atoms with Gasteiger partial charge in [-0.1, -0.05) is 26.0 Å². The van der Waals surface area contributed by atoms with Gasteiger partial charge in [0.15, 0.2) is 17.6 Å². The molecule has 140 valence electrons. The molecule has 1 amide bonds. The van der Waals surface area contributed by atoms with Crippen LogP contribution in [-0.4, -0.2) is 26.2 Å². The van der Waals surface area contributed by atoms with Gasteiger partial charge in [-0.2, -0.15) is 0 Å². The highest BCUT2D eigenvalue weighted by Gasteiger charge is 2.16. The summed E-state index contributed by atoms with van der Waals surface area (Å²) in [5.74, 6) is 2.11. The Morgan fingerprint density at radius 3 is 2.23 bits per heavy atom. The van der Waals surface area contributed by atoms with Gasteiger partial charge in [-0.15, -0.1) is 0 Å². The molecule has 0 heterocycles. The Morgan fingerprint density at radius 1 is 1.00 bits per heavy atom. The number of hydrogen-bond donors (Lipinski definition) is 1. The van der Waals surface area contributed by atoms with Crippen molar-refractivity contribution < 1.29 is 19.0 Å². The molecule has 2 aromatic carbocycles. The molecule has 0 radical (unpaired) electrons. The quantitative estimate of drug-likeness (QED) is 0.749. The van der Waals surface area contributed by atoms with Crippen molar-refractivity contribution in [2.45, 2.75) is 39.2 Å². The van der Waals surface area contributed by atoms with Crippen molar-refractivity contribution in [1.82, 2.24) is 0 Å². The standard InChI is InChI=1S/C21H27NO4/c1-6-14(2)16-7-10-18(11-8-16)26-15(3)21(23)22-17-9-12-19(24-4)20(13-17)25-5/h7-15H,6H2,1-5H3,(H,22,23). The van der Waals surface area contributed by atoms with Crippen LogP contribution in [0, 0.1) is 0 Å². The van der Waals surface area contributed by atoms with Gasteiger partial charge in [0.25, 0.3) is 5.91 Å². The number of methoxy groups -OCH3 is 2. The fourth-order valence-electron chi connectivity index (χ4n) is 2.53. The Bertz CT molecular complexity index is 727. The van der Waals surface area contributed by atoms with Crippen LogP contribution in [0.25, 0.3) is 0 Å². The molecule has 2 rings (SSSR count). The van der Waals surface area contributed by atoms with Gasteiger partial charge in [0, 0.05) is 11.8 Å². The van der Waals surface area contributed by atoms with E-state index in [1.807, 2.05) is 24.3 Å². The van der Waals surface area contributed by atoms with E-state index in [4.69, 9.17) is 14.2 Å². The maximum Gasteiger partial charge on any atom is 0.265 e. The van der Waals surface area contributed by atoms with Gasteiger partial charge < -0.3 is 19.5 Å². The van der Waals surface area contributed by atoms with Crippen molar-refractivity contribution in [2.75, 3.05) is 19.5 Å². The molecule has 2 atom stereocenters. The minimum absolute atomic E-state index is 0.233. The summed E-state index contributed by atoms with van der Waals surface area (Å²) in [6.07, 6.45) is 0.460. The van der Waals surface area contributed by atoms with Gasteiger partial charge in [-0.3, -0.25) is 4.79 Å². The minimum atomic E-state index is -0.627. The minimum Gasteiger partial charge on any atom is -0.493 e. The normalized spacial score (nSPS) is 12.8. The third-order valence-electron chi connectivity index (χ3n) is 4.39. The second-order valence-corrected chi connectivity index (χ2v) is 6.20. The number of benzene rings is 2. The van der Waals surface area contributed by atoms with E-state index in [9.17, 15) is 4.79 Å². The lowest BCUT2D eigenvalue weighted by Crippen LogP contribution is -2.30. The number of ether oxygens (including phenoxy) is 3. The van der Waals surface area contributed by atoms with Crippen molar-refractivity contribution >= 4 is 11.6 Å². The molecule has 1 N–H and O–H groups in total. The van der Waals surface area contributed by atoms with E-state index in [-0.39, 0.29) is 5.91 Å². The van der Waals surface area contributed by atoms with E-state index in [2.05, 4.69) is 19.2 Å². The van der Waals surface area contributed by atoms with Gasteiger partial charge in [0.1, 0.15) is 5.75 Å². The van der Waals surface area contributed by atoms with Crippen LogP contribution in [0.2, 0.25) is 0 Å². The first kappa shape index (κ1) is 19.6. The zero-order valence-electron chi connectivity index (χ0n) is 16.0. The third kappa shape index (κ3) is 4.91. The largest absolute Gasteiger partial charge is 0.493 e. The van der Waals surface area contributed by atoms with Crippen molar-refractivity contribution in [3.63, 3.8) is 0 Å². The lowest BCUT2D eigenvalue weighted by molar-refractivity contribution is -0.122. The van der Waals surface area contributed by atoms with Gasteiger partial charge in [0.2, 0.25) is 0 Å². The van der Waals surface area contributed by atoms with Gasteiger partial charge in [-0.05, 0) is 49.1 Å². The molecule has 2 aromatic rings. The second-order valence-electron chi connectivity index (χ2n) is 6.20. The zero-order valence-corrected chi connectivity index (χ0v) is 16.0. The molecule has 0 fully saturated rings. The van der Waals surface area contributed by atoms with Crippen molar-refractivity contribution in [2.24, 2.45) is 0 Å². The third-order valence-corrected chi connectivity index (χ3v) is 4.39. The molecule has 0 saturated heterocycles. The van der Waals surface area contributed by atoms with E-state index < -0.39 is 6.10 Å². The number of nitrogens with one attached hydrogen (secondary N) is 1. The summed E-state index contributed by atoms with van der Waals surface area (Å²) in [6.45, 7) is 6.07. The van der Waals surface area contributed by atoms with E-state index in [0.717, 1.165) is 6.42 Å². The van der Waals surface area contributed by atoms with Gasteiger partial charge in [0.05, 0.1) is 14.2 Å². The number of rotatable bonds is 8. The molecule has 0 spiro atoms. The fourth-order valence-corrected chi connectivity index (χ4v) is 2.53.